The number of methoxy groups -OCH3 is 2. The molecule has 1 aliphatic heterocycles. The molecule has 100 valence electrons. The van der Waals surface area contributed by atoms with Crippen molar-refractivity contribution in [3.63, 3.8) is 0 Å². The number of rotatable bonds is 5. The summed E-state index contributed by atoms with van der Waals surface area (Å²) in [6.45, 7) is 4.90. The second kappa shape index (κ2) is 6.93. The van der Waals surface area contributed by atoms with E-state index in [0.717, 1.165) is 19.4 Å². The maximum atomic E-state index is 12.0. The zero-order valence-electron chi connectivity index (χ0n) is 11.2. The van der Waals surface area contributed by atoms with Crippen LogP contribution in [-0.4, -0.2) is 45.0 Å². The first kappa shape index (κ1) is 14.4. The Bertz CT molecular complexity index is 244. The van der Waals surface area contributed by atoms with Crippen LogP contribution in [0, 0.1) is 5.92 Å². The predicted molar refractivity (Wildman–Crippen MR) is 65.6 cm³/mol. The van der Waals surface area contributed by atoms with Crippen molar-refractivity contribution in [1.29, 1.82) is 0 Å². The monoisotopic (exact) mass is 244 g/mol. The summed E-state index contributed by atoms with van der Waals surface area (Å²) in [4.78, 5) is 12.0. The highest BCUT2D eigenvalue weighted by atomic mass is 16.7. The van der Waals surface area contributed by atoms with Crippen LogP contribution in [0.3, 0.4) is 0 Å². The maximum absolute atomic E-state index is 12.0. The molecule has 5 heteroatoms. The van der Waals surface area contributed by atoms with E-state index in [2.05, 4.69) is 17.6 Å². The second-order valence-corrected chi connectivity index (χ2v) is 4.71. The number of carbonyl (C=O) groups excluding carboxylic acids is 1. The molecule has 0 aromatic carbocycles. The molecule has 0 aliphatic carbocycles. The molecule has 1 rings (SSSR count). The van der Waals surface area contributed by atoms with Crippen LogP contribution in [0.2, 0.25) is 0 Å². The third-order valence-electron chi connectivity index (χ3n) is 3.24. The fraction of sp³-hybridized carbons (Fsp3) is 0.917. The zero-order valence-corrected chi connectivity index (χ0v) is 11.2. The Hall–Kier alpha value is -0.650. The number of hydrogen-bond donors (Lipinski definition) is 2. The summed E-state index contributed by atoms with van der Waals surface area (Å²) in [7, 11) is 3.15. The third-order valence-corrected chi connectivity index (χ3v) is 3.24. The van der Waals surface area contributed by atoms with E-state index >= 15 is 0 Å². The summed E-state index contributed by atoms with van der Waals surface area (Å²) in [6, 6.07) is 0.276. The summed E-state index contributed by atoms with van der Waals surface area (Å²) in [6.07, 6.45) is 1.40. The van der Waals surface area contributed by atoms with Gasteiger partial charge >= 0.3 is 0 Å². The zero-order chi connectivity index (χ0) is 12.8. The van der Waals surface area contributed by atoms with Gasteiger partial charge < -0.3 is 20.1 Å². The van der Waals surface area contributed by atoms with Crippen molar-refractivity contribution in [2.45, 2.75) is 45.1 Å². The lowest BCUT2D eigenvalue weighted by Crippen LogP contribution is -2.48. The molecule has 1 fully saturated rings. The number of nitrogens with one attached hydrogen (secondary N) is 2. The highest BCUT2D eigenvalue weighted by molar-refractivity contribution is 5.79. The minimum absolute atomic E-state index is 0.100. The van der Waals surface area contributed by atoms with E-state index in [1.54, 1.807) is 14.2 Å². The van der Waals surface area contributed by atoms with Crippen molar-refractivity contribution in [2.75, 3.05) is 20.8 Å². The Kier molecular flexibility index (Phi) is 5.88. The van der Waals surface area contributed by atoms with Gasteiger partial charge in [0.05, 0.1) is 6.04 Å². The van der Waals surface area contributed by atoms with E-state index < -0.39 is 6.29 Å². The minimum Gasteiger partial charge on any atom is -0.354 e. The van der Waals surface area contributed by atoms with Gasteiger partial charge in [-0.15, -0.1) is 0 Å². The molecule has 1 heterocycles. The largest absolute Gasteiger partial charge is 0.354 e. The van der Waals surface area contributed by atoms with Crippen LogP contribution in [-0.2, 0) is 14.3 Å². The van der Waals surface area contributed by atoms with Crippen LogP contribution in [0.25, 0.3) is 0 Å². The van der Waals surface area contributed by atoms with E-state index in [4.69, 9.17) is 9.47 Å². The number of piperidine rings is 1. The molecule has 1 saturated heterocycles. The van der Waals surface area contributed by atoms with Crippen molar-refractivity contribution in [3.8, 4) is 0 Å². The van der Waals surface area contributed by atoms with Gasteiger partial charge in [0.25, 0.3) is 0 Å². The molecule has 0 aromatic rings. The van der Waals surface area contributed by atoms with Gasteiger partial charge in [0.2, 0.25) is 5.91 Å². The Morgan fingerprint density at radius 1 is 1.41 bits per heavy atom. The molecule has 0 radical (unpaired) electrons. The Morgan fingerprint density at radius 3 is 2.59 bits per heavy atom. The first-order valence-electron chi connectivity index (χ1n) is 6.17. The molecular weight excluding hydrogens is 220 g/mol. The summed E-state index contributed by atoms with van der Waals surface area (Å²) < 4.78 is 10.2. The van der Waals surface area contributed by atoms with E-state index in [-0.39, 0.29) is 17.9 Å². The van der Waals surface area contributed by atoms with E-state index in [1.165, 1.54) is 0 Å². The molecule has 3 atom stereocenters. The number of ether oxygens (including phenoxy) is 2. The van der Waals surface area contributed by atoms with Gasteiger partial charge in [-0.05, 0) is 33.2 Å². The van der Waals surface area contributed by atoms with Crippen LogP contribution < -0.4 is 10.6 Å². The van der Waals surface area contributed by atoms with Crippen molar-refractivity contribution in [3.05, 3.63) is 0 Å². The fourth-order valence-corrected chi connectivity index (χ4v) is 2.28. The van der Waals surface area contributed by atoms with Gasteiger partial charge in [-0.1, -0.05) is 0 Å². The lowest BCUT2D eigenvalue weighted by atomic mass is 9.92. The first-order chi connectivity index (χ1) is 8.08. The van der Waals surface area contributed by atoms with Crippen LogP contribution in [0.1, 0.15) is 26.7 Å². The van der Waals surface area contributed by atoms with Gasteiger partial charge in [-0.25, -0.2) is 0 Å². The van der Waals surface area contributed by atoms with Gasteiger partial charge in [-0.3, -0.25) is 4.79 Å². The lowest BCUT2D eigenvalue weighted by molar-refractivity contribution is -0.139. The van der Waals surface area contributed by atoms with Crippen molar-refractivity contribution < 1.29 is 14.3 Å². The maximum Gasteiger partial charge on any atom is 0.223 e. The predicted octanol–water partition coefficient (Wildman–Crippen LogP) is 0.498. The minimum atomic E-state index is -0.391. The van der Waals surface area contributed by atoms with Crippen molar-refractivity contribution in [2.24, 2.45) is 5.92 Å². The lowest BCUT2D eigenvalue weighted by Gasteiger charge is -2.29. The molecule has 2 N–H and O–H groups in total. The summed E-state index contributed by atoms with van der Waals surface area (Å²) >= 11 is 0. The molecule has 1 aliphatic rings. The van der Waals surface area contributed by atoms with Crippen LogP contribution in [0.15, 0.2) is 0 Å². The second-order valence-electron chi connectivity index (χ2n) is 4.71. The molecule has 0 bridgehead atoms. The molecule has 17 heavy (non-hydrogen) atoms. The van der Waals surface area contributed by atoms with Gasteiger partial charge in [0, 0.05) is 26.2 Å². The Balaban J connectivity index is 2.42. The molecule has 0 saturated carbocycles. The highest BCUT2D eigenvalue weighted by Gasteiger charge is 2.27. The average Bonchev–Trinajstić information content (AvgIpc) is 2.30. The highest BCUT2D eigenvalue weighted by Crippen LogP contribution is 2.16. The SMILES string of the molecule is COC(OC)C(C)NC(=O)C1CCNC(C)C1. The first-order valence-corrected chi connectivity index (χ1v) is 6.17. The van der Waals surface area contributed by atoms with E-state index in [9.17, 15) is 4.79 Å². The third kappa shape index (κ3) is 4.26. The summed E-state index contributed by atoms with van der Waals surface area (Å²) in [5.41, 5.74) is 0. The molecule has 0 spiro atoms. The van der Waals surface area contributed by atoms with Gasteiger partial charge in [0.1, 0.15) is 0 Å². The van der Waals surface area contributed by atoms with E-state index in [1.807, 2.05) is 6.92 Å². The standard InChI is InChI=1S/C12H24N2O3/c1-8-7-10(5-6-13-8)11(15)14-9(2)12(16-3)17-4/h8-10,12-13H,5-7H2,1-4H3,(H,14,15). The summed E-state index contributed by atoms with van der Waals surface area (Å²) in [5.74, 6) is 0.202. The quantitative estimate of drug-likeness (QED) is 0.691. The van der Waals surface area contributed by atoms with Crippen molar-refractivity contribution >= 4 is 5.91 Å². The molecule has 3 unspecified atom stereocenters. The Labute approximate surface area is 103 Å². The normalized spacial score (nSPS) is 26.9. The number of carbonyl (C=O) groups is 1. The fourth-order valence-electron chi connectivity index (χ4n) is 2.28. The molecular formula is C12H24N2O3. The average molecular weight is 244 g/mol. The van der Waals surface area contributed by atoms with Gasteiger partial charge in [0.15, 0.2) is 6.29 Å². The van der Waals surface area contributed by atoms with Crippen molar-refractivity contribution in [1.82, 2.24) is 10.6 Å². The van der Waals surface area contributed by atoms with Gasteiger partial charge in [-0.2, -0.15) is 0 Å². The number of amides is 1. The Morgan fingerprint density at radius 2 is 2.06 bits per heavy atom. The van der Waals surface area contributed by atoms with E-state index in [0.29, 0.717) is 6.04 Å². The van der Waals surface area contributed by atoms with Crippen LogP contribution in [0.5, 0.6) is 0 Å². The summed E-state index contributed by atoms with van der Waals surface area (Å²) in [5, 5.41) is 6.29. The van der Waals surface area contributed by atoms with Crippen LogP contribution in [0.4, 0.5) is 0 Å². The number of hydrogen-bond acceptors (Lipinski definition) is 4. The molecule has 1 amide bonds. The molecule has 0 aromatic heterocycles. The smallest absolute Gasteiger partial charge is 0.223 e. The molecule has 5 nitrogen and oxygen atoms in total. The van der Waals surface area contributed by atoms with Crippen LogP contribution >= 0.6 is 0 Å². The topological polar surface area (TPSA) is 59.6 Å².